The van der Waals surface area contributed by atoms with E-state index in [1.54, 1.807) is 0 Å². The lowest BCUT2D eigenvalue weighted by Gasteiger charge is -2.37. The molecule has 0 fully saturated rings. The minimum Gasteiger partial charge on any atom is -0.494 e. The van der Waals surface area contributed by atoms with Gasteiger partial charge < -0.3 is 9.26 Å². The highest BCUT2D eigenvalue weighted by Gasteiger charge is 2.24. The van der Waals surface area contributed by atoms with Crippen molar-refractivity contribution in [2.75, 3.05) is 19.4 Å². The van der Waals surface area contributed by atoms with Crippen LogP contribution in [-0.2, 0) is 4.52 Å². The van der Waals surface area contributed by atoms with E-state index in [1.165, 1.54) is 0 Å². The molecule has 4 nitrogen and oxygen atoms in total. The molecule has 0 N–H and O–H groups in total. The Hall–Kier alpha value is -1.14. The fourth-order valence-electron chi connectivity index (χ4n) is 2.58. The van der Waals surface area contributed by atoms with Gasteiger partial charge >= 0.3 is 0 Å². The smallest absolute Gasteiger partial charge is 0.119 e. The molecule has 0 aromatic heterocycles. The van der Waals surface area contributed by atoms with Gasteiger partial charge in [-0.15, -0.1) is 0 Å². The minimum atomic E-state index is -0.704. The largest absolute Gasteiger partial charge is 0.494 e. The summed E-state index contributed by atoms with van der Waals surface area (Å²) in [4.78, 5) is 0. The lowest BCUT2D eigenvalue weighted by Crippen LogP contribution is -2.33. The van der Waals surface area contributed by atoms with Crippen LogP contribution in [-0.4, -0.2) is 36.1 Å². The number of ether oxygens (including phenoxy) is 1. The minimum absolute atomic E-state index is 0.427. The molecule has 1 aromatic rings. The Morgan fingerprint density at radius 2 is 1.67 bits per heavy atom. The molecule has 0 aliphatic carbocycles. The Bertz CT molecular complexity index is 466. The van der Waals surface area contributed by atoms with Gasteiger partial charge in [-0.05, 0) is 52.7 Å². The summed E-state index contributed by atoms with van der Waals surface area (Å²) in [5.74, 6) is 0.917. The van der Waals surface area contributed by atoms with E-state index in [-0.39, 0.29) is 0 Å². The van der Waals surface area contributed by atoms with E-state index in [4.69, 9.17) is 14.5 Å². The third-order valence-corrected chi connectivity index (χ3v) is 6.05. The van der Waals surface area contributed by atoms with Crippen molar-refractivity contribution in [2.24, 2.45) is 0 Å². The van der Waals surface area contributed by atoms with Gasteiger partial charge in [-0.2, -0.15) is 5.26 Å². The van der Waals surface area contributed by atoms with Crippen LogP contribution < -0.4 is 4.74 Å². The van der Waals surface area contributed by atoms with Crippen molar-refractivity contribution in [3.8, 4) is 11.8 Å². The van der Waals surface area contributed by atoms with E-state index in [2.05, 4.69) is 38.4 Å². The summed E-state index contributed by atoms with van der Waals surface area (Å²) < 4.78 is 14.3. The number of nitrogens with zero attached hydrogens (tertiary/aromatic N) is 2. The maximum atomic E-state index is 8.89. The second-order valence-electron chi connectivity index (χ2n) is 6.25. The number of para-hydroxylation sites is 1. The SMILES string of the molecule is CC(C)N(C(C)C)P(CCC#N)OCCCCOc1ccccc1. The molecule has 1 atom stereocenters. The van der Waals surface area contributed by atoms with Gasteiger partial charge in [0.2, 0.25) is 0 Å². The number of unbranched alkanes of at least 4 members (excludes halogenated alkanes) is 1. The molecule has 0 saturated heterocycles. The lowest BCUT2D eigenvalue weighted by atomic mass is 10.3. The van der Waals surface area contributed by atoms with Crippen LogP contribution in [0.15, 0.2) is 30.3 Å². The van der Waals surface area contributed by atoms with Crippen molar-refractivity contribution in [1.29, 1.82) is 5.26 Å². The standard InChI is InChI=1S/C19H31N2O2P/c1-17(2)21(18(3)4)24(16-10-13-20)23-15-9-8-14-22-19-11-6-5-7-12-19/h5-7,11-12,17-18H,8-10,14-16H2,1-4H3. The van der Waals surface area contributed by atoms with Gasteiger partial charge in [-0.25, -0.2) is 0 Å². The Labute approximate surface area is 148 Å². The summed E-state index contributed by atoms with van der Waals surface area (Å²) in [5.41, 5.74) is 0. The predicted molar refractivity (Wildman–Crippen MR) is 101 cm³/mol. The number of nitriles is 1. The van der Waals surface area contributed by atoms with E-state index in [9.17, 15) is 0 Å². The zero-order valence-electron chi connectivity index (χ0n) is 15.4. The third-order valence-electron chi connectivity index (χ3n) is 3.52. The molecule has 0 heterocycles. The summed E-state index contributed by atoms with van der Waals surface area (Å²) in [6, 6.07) is 13.0. The van der Waals surface area contributed by atoms with Gasteiger partial charge in [-0.1, -0.05) is 18.2 Å². The van der Waals surface area contributed by atoms with E-state index in [0.717, 1.165) is 31.4 Å². The van der Waals surface area contributed by atoms with Crippen molar-refractivity contribution in [2.45, 2.75) is 59.0 Å². The van der Waals surface area contributed by atoms with Gasteiger partial charge in [-0.3, -0.25) is 4.67 Å². The van der Waals surface area contributed by atoms with Crippen LogP contribution >= 0.6 is 8.30 Å². The first-order valence-electron chi connectivity index (χ1n) is 8.79. The fourth-order valence-corrected chi connectivity index (χ4v) is 4.74. The molecule has 0 saturated carbocycles. The molecule has 134 valence electrons. The molecule has 0 radical (unpaired) electrons. The van der Waals surface area contributed by atoms with E-state index in [0.29, 0.717) is 25.1 Å². The maximum absolute atomic E-state index is 8.89. The molecular weight excluding hydrogens is 319 g/mol. The first-order valence-corrected chi connectivity index (χ1v) is 10.2. The van der Waals surface area contributed by atoms with Crippen LogP contribution in [0.3, 0.4) is 0 Å². The number of benzene rings is 1. The molecule has 0 aliphatic heterocycles. The maximum Gasteiger partial charge on any atom is 0.119 e. The molecule has 0 aliphatic rings. The lowest BCUT2D eigenvalue weighted by molar-refractivity contribution is 0.239. The summed E-state index contributed by atoms with van der Waals surface area (Å²) in [7, 11) is -0.704. The molecule has 24 heavy (non-hydrogen) atoms. The molecule has 1 rings (SSSR count). The second-order valence-corrected chi connectivity index (χ2v) is 8.12. The van der Waals surface area contributed by atoms with E-state index >= 15 is 0 Å². The van der Waals surface area contributed by atoms with Crippen LogP contribution in [0.1, 0.15) is 47.0 Å². The van der Waals surface area contributed by atoms with Gasteiger partial charge in [0, 0.05) is 24.7 Å². The highest BCUT2D eigenvalue weighted by Crippen LogP contribution is 2.45. The van der Waals surface area contributed by atoms with Crippen molar-refractivity contribution in [3.05, 3.63) is 30.3 Å². The normalized spacial score (nSPS) is 12.6. The topological polar surface area (TPSA) is 45.5 Å². The predicted octanol–water partition coefficient (Wildman–Crippen LogP) is 5.21. The first kappa shape index (κ1) is 20.9. The van der Waals surface area contributed by atoms with E-state index < -0.39 is 8.30 Å². The Morgan fingerprint density at radius 1 is 1.04 bits per heavy atom. The summed E-state index contributed by atoms with van der Waals surface area (Å²) >= 11 is 0. The van der Waals surface area contributed by atoms with Gasteiger partial charge in [0.05, 0.1) is 19.3 Å². The van der Waals surface area contributed by atoms with Gasteiger partial charge in [0.25, 0.3) is 0 Å². The highest BCUT2D eigenvalue weighted by molar-refractivity contribution is 7.50. The Balaban J connectivity index is 2.32. The molecule has 0 amide bonds. The zero-order chi connectivity index (χ0) is 17.8. The number of rotatable bonds is 12. The second kappa shape index (κ2) is 12.3. The summed E-state index contributed by atoms with van der Waals surface area (Å²) in [6.07, 6.45) is 3.32. The fraction of sp³-hybridized carbons (Fsp3) is 0.632. The van der Waals surface area contributed by atoms with Crippen molar-refractivity contribution >= 4 is 8.30 Å². The average Bonchev–Trinajstić information content (AvgIpc) is 2.55. The quantitative estimate of drug-likeness (QED) is 0.384. The van der Waals surface area contributed by atoms with Crippen LogP contribution in [0.2, 0.25) is 0 Å². The van der Waals surface area contributed by atoms with E-state index in [1.807, 2.05) is 30.3 Å². The Kier molecular flexibility index (Phi) is 10.7. The van der Waals surface area contributed by atoms with Crippen molar-refractivity contribution in [3.63, 3.8) is 0 Å². The number of hydrogen-bond donors (Lipinski definition) is 0. The summed E-state index contributed by atoms with van der Waals surface area (Å²) in [5, 5.41) is 8.89. The van der Waals surface area contributed by atoms with Gasteiger partial charge in [0.1, 0.15) is 14.0 Å². The molecular formula is C19H31N2O2P. The van der Waals surface area contributed by atoms with Gasteiger partial charge in [0.15, 0.2) is 0 Å². The van der Waals surface area contributed by atoms with Crippen LogP contribution in [0.25, 0.3) is 0 Å². The summed E-state index contributed by atoms with van der Waals surface area (Å²) in [6.45, 7) is 10.2. The molecule has 1 unspecified atom stereocenters. The Morgan fingerprint density at radius 3 is 2.25 bits per heavy atom. The number of hydrogen-bond acceptors (Lipinski definition) is 4. The highest BCUT2D eigenvalue weighted by atomic mass is 31.2. The van der Waals surface area contributed by atoms with Crippen LogP contribution in [0.4, 0.5) is 0 Å². The van der Waals surface area contributed by atoms with Crippen molar-refractivity contribution in [1.82, 2.24) is 4.67 Å². The molecule has 0 spiro atoms. The third kappa shape index (κ3) is 8.11. The van der Waals surface area contributed by atoms with Crippen LogP contribution in [0, 0.1) is 11.3 Å². The van der Waals surface area contributed by atoms with Crippen molar-refractivity contribution < 1.29 is 9.26 Å². The molecule has 0 bridgehead atoms. The first-order chi connectivity index (χ1) is 11.6. The monoisotopic (exact) mass is 350 g/mol. The molecule has 1 aromatic carbocycles. The average molecular weight is 350 g/mol. The molecule has 5 heteroatoms. The van der Waals surface area contributed by atoms with Crippen LogP contribution in [0.5, 0.6) is 5.75 Å². The zero-order valence-corrected chi connectivity index (χ0v) is 16.3.